The molecule has 9 rings (SSSR count). The lowest BCUT2D eigenvalue weighted by Crippen LogP contribution is -2.81. The van der Waals surface area contributed by atoms with Crippen LogP contribution in [0, 0.1) is 18.3 Å². The van der Waals surface area contributed by atoms with Gasteiger partial charge in [0.25, 0.3) is 15.0 Å². The van der Waals surface area contributed by atoms with Crippen LogP contribution >= 0.6 is 9.12 Å². The number of likely N-dealkylation sites (N-methyl/N-ethyl adjacent to an activating group) is 1. The van der Waals surface area contributed by atoms with E-state index < -0.39 is 78.5 Å². The van der Waals surface area contributed by atoms with Gasteiger partial charge >= 0.3 is 18.1 Å². The van der Waals surface area contributed by atoms with Crippen LogP contribution in [0.5, 0.6) is 0 Å². The highest BCUT2D eigenvalue weighted by molar-refractivity contribution is 7.26. The molecule has 7 aliphatic rings. The van der Waals surface area contributed by atoms with Gasteiger partial charge in [0, 0.05) is 74.2 Å². The number of rotatable bonds is 14. The van der Waals surface area contributed by atoms with Crippen LogP contribution < -0.4 is 15.5 Å². The number of aliphatic hydroxyl groups is 3. The highest BCUT2D eigenvalue weighted by Crippen LogP contribution is 2.67. The number of carbonyl (C=O) groups excluding carboxylic acids is 6. The number of ether oxygens (including phenoxy) is 1. The number of halogens is 1. The summed E-state index contributed by atoms with van der Waals surface area (Å²) in [6.07, 6.45) is 7.78. The Hall–Kier alpha value is -4.86. The number of fused-ring (bicyclic) bond motifs is 5. The number of piperidine rings is 1. The summed E-state index contributed by atoms with van der Waals surface area (Å²) in [5.74, 6) is -2.60. The van der Waals surface area contributed by atoms with Crippen molar-refractivity contribution in [2.75, 3.05) is 57.8 Å². The third-order valence-corrected chi connectivity index (χ3v) is 18.0. The molecule has 5 heterocycles. The lowest BCUT2D eigenvalue weighted by atomic mass is 9.47. The molecular formula is C54H71FN5O11P. The summed E-state index contributed by atoms with van der Waals surface area (Å²) in [6.45, 7) is 14.1. The van der Waals surface area contributed by atoms with Crippen LogP contribution in [0.15, 0.2) is 54.1 Å². The number of carbonyl (C=O) groups is 4. The van der Waals surface area contributed by atoms with Gasteiger partial charge in [-0.1, -0.05) is 68.8 Å². The van der Waals surface area contributed by atoms with E-state index in [9.17, 15) is 38.7 Å². The van der Waals surface area contributed by atoms with E-state index in [4.69, 9.17) is 14.3 Å². The summed E-state index contributed by atoms with van der Waals surface area (Å²) in [6, 6.07) is 11.5. The lowest BCUT2D eigenvalue weighted by molar-refractivity contribution is -0.203. The molecule has 7 unspecified atom stereocenters. The van der Waals surface area contributed by atoms with E-state index in [1.807, 2.05) is 14.0 Å². The number of nitrogens with one attached hydrogen (secondary N) is 2. The van der Waals surface area contributed by atoms with Gasteiger partial charge in [-0.15, -0.1) is 0 Å². The van der Waals surface area contributed by atoms with E-state index in [0.29, 0.717) is 32.4 Å². The second kappa shape index (κ2) is 20.8. The number of esters is 1. The van der Waals surface area contributed by atoms with E-state index in [0.717, 1.165) is 62.1 Å². The third-order valence-electron chi connectivity index (χ3n) is 17.7. The van der Waals surface area contributed by atoms with Crippen molar-refractivity contribution in [2.45, 2.75) is 145 Å². The number of allylic oxidation sites excluding steroid dienone is 1. The molecule has 2 aromatic carbocycles. The van der Waals surface area contributed by atoms with Gasteiger partial charge in [0.2, 0.25) is 5.91 Å². The average Bonchev–Trinajstić information content (AvgIpc) is 4.01. The van der Waals surface area contributed by atoms with Crippen LogP contribution in [0.4, 0.5) is 9.88 Å². The van der Waals surface area contributed by atoms with Crippen molar-refractivity contribution < 1.29 is 57.5 Å². The zero-order chi connectivity index (χ0) is 52.0. The largest absolute Gasteiger partial charge is 0.464 e. The number of aryl methyl sites for hydroxylation is 1. The Morgan fingerprint density at radius 2 is 1.78 bits per heavy atom. The maximum atomic E-state index is 15.0. The zero-order valence-electron chi connectivity index (χ0n) is 42.4. The summed E-state index contributed by atoms with van der Waals surface area (Å²) in [4.78, 5) is 74.7. The van der Waals surface area contributed by atoms with Gasteiger partial charge in [-0.05, 0) is 117 Å². The fourth-order valence-corrected chi connectivity index (χ4v) is 15.0. The fourth-order valence-electron chi connectivity index (χ4n) is 14.8. The van der Waals surface area contributed by atoms with Crippen molar-refractivity contribution >= 4 is 50.3 Å². The van der Waals surface area contributed by atoms with Crippen LogP contribution in [0.25, 0.3) is 5.57 Å². The number of anilines is 1. The van der Waals surface area contributed by atoms with Gasteiger partial charge in [0.05, 0.1) is 24.7 Å². The summed E-state index contributed by atoms with van der Waals surface area (Å²) in [5.41, 5.74) is 4.86. The van der Waals surface area contributed by atoms with Crippen molar-refractivity contribution in [3.05, 3.63) is 81.9 Å². The minimum atomic E-state index is -2.26. The number of hydrogen-bond acceptors (Lipinski definition) is 14. The molecule has 12 atom stereocenters. The Balaban J connectivity index is 0.00000226. The Kier molecular flexibility index (Phi) is 15.4. The smallest absolute Gasteiger partial charge is 0.373 e. The Labute approximate surface area is 423 Å². The molecular weight excluding hydrogens is 945 g/mol. The molecule has 390 valence electrons. The minimum Gasteiger partial charge on any atom is -0.464 e. The Morgan fingerprint density at radius 3 is 2.50 bits per heavy atom. The summed E-state index contributed by atoms with van der Waals surface area (Å²) in [7, 11) is 0.445. The standard InChI is InChI=1S/C53H71FN5O9P.CO2/c1-7-50(65)29-34-28-49(5,39-26-35-13-9-10-14-36(35)37(39)17-22-58(30-34)31-50)38-27-40-41(25-32(38)3)57(6)46-52(40)19-23-59-21-11-18-51(8-2,45(52)59)47(63)53(46,66)48(64)55-20-12-24-67-44(62)33(4)56-42(60)15-16-43(61)68-69-54;2-1-3/h9-11,13-14,18,25,27,33-34,45-47,63,65-66,69H,7-8,12,15-17,19-24,26,28-31H2,1-6H3,(H,55,64)(H,56,60);/t33?,34?,45?,46?,47-,49-,50?,51-,52-,53+;/m0./s1. The first-order valence-electron chi connectivity index (χ1n) is 25.6. The molecule has 3 fully saturated rings. The number of amides is 2. The van der Waals surface area contributed by atoms with Crippen LogP contribution in [0.1, 0.15) is 113 Å². The lowest BCUT2D eigenvalue weighted by Gasteiger charge is -2.63. The van der Waals surface area contributed by atoms with Crippen LogP contribution in [0.2, 0.25) is 0 Å². The zero-order valence-corrected chi connectivity index (χ0v) is 43.4. The molecule has 5 N–H and O–H groups in total. The maximum Gasteiger partial charge on any atom is 0.373 e. The molecule has 2 saturated heterocycles. The SMILES string of the molecule is CCC1(O)CC2CN(CCC3=C(Cc4ccccc43)[C@](C)(c3cc4c(cc3C)N(C)C3[C@@]45CCN4CC=C[C@@](CC)(C45)[C@H](O)[C@@]3(O)C(=O)NCCCOC(=O)C(C)NC(=O)CCC(=O)OPF)C2)C1.O=C=O. The third kappa shape index (κ3) is 8.94. The summed E-state index contributed by atoms with van der Waals surface area (Å²) in [5, 5.41) is 43.6. The van der Waals surface area contributed by atoms with Gasteiger partial charge in [-0.2, -0.15) is 13.8 Å². The van der Waals surface area contributed by atoms with Crippen molar-refractivity contribution in [3.8, 4) is 0 Å². The molecule has 72 heavy (non-hydrogen) atoms. The molecule has 2 bridgehead atoms. The van der Waals surface area contributed by atoms with Crippen molar-refractivity contribution in [1.29, 1.82) is 0 Å². The predicted octanol–water partition coefficient (Wildman–Crippen LogP) is 4.49. The molecule has 5 aliphatic heterocycles. The number of benzene rings is 2. The molecule has 0 radical (unpaired) electrons. The van der Waals surface area contributed by atoms with Gasteiger partial charge < -0.3 is 40.1 Å². The Morgan fingerprint density at radius 1 is 1.03 bits per heavy atom. The van der Waals surface area contributed by atoms with Crippen molar-refractivity contribution in [2.24, 2.45) is 11.3 Å². The molecule has 1 spiro atoms. The molecule has 1 saturated carbocycles. The average molecular weight is 1020 g/mol. The molecule has 2 amide bonds. The highest BCUT2D eigenvalue weighted by Gasteiger charge is 2.78. The van der Waals surface area contributed by atoms with Gasteiger partial charge in [-0.3, -0.25) is 24.2 Å². The van der Waals surface area contributed by atoms with E-state index in [1.54, 1.807) is 0 Å². The highest BCUT2D eigenvalue weighted by atomic mass is 31.1. The second-order valence-corrected chi connectivity index (χ2v) is 22.0. The first-order valence-corrected chi connectivity index (χ1v) is 26.4. The van der Waals surface area contributed by atoms with E-state index in [-0.39, 0.29) is 50.5 Å². The fraction of sp³-hybridized carbons (Fsp3) is 0.611. The van der Waals surface area contributed by atoms with Crippen molar-refractivity contribution in [1.82, 2.24) is 20.4 Å². The summed E-state index contributed by atoms with van der Waals surface area (Å²) < 4.78 is 21.9. The molecule has 0 aromatic heterocycles. The van der Waals surface area contributed by atoms with E-state index in [2.05, 4.69) is 99.2 Å². The molecule has 18 heteroatoms. The monoisotopic (exact) mass is 1020 g/mol. The number of nitrogens with zero attached hydrogens (tertiary/aromatic N) is 3. The summed E-state index contributed by atoms with van der Waals surface area (Å²) >= 11 is 0. The topological polar surface area (TPSA) is 215 Å². The number of hydrogen-bond donors (Lipinski definition) is 5. The first kappa shape index (κ1) is 53.4. The van der Waals surface area contributed by atoms with Crippen LogP contribution in [-0.2, 0) is 55.3 Å². The first-order chi connectivity index (χ1) is 34.3. The van der Waals surface area contributed by atoms with E-state index >= 15 is 0 Å². The van der Waals surface area contributed by atoms with Gasteiger partial charge in [-0.25, -0.2) is 4.79 Å². The van der Waals surface area contributed by atoms with Crippen molar-refractivity contribution in [3.63, 3.8) is 0 Å². The van der Waals surface area contributed by atoms with Crippen LogP contribution in [0.3, 0.4) is 0 Å². The van der Waals surface area contributed by atoms with Gasteiger partial charge in [0.15, 0.2) is 5.60 Å². The predicted molar refractivity (Wildman–Crippen MR) is 267 cm³/mol. The molecule has 2 aliphatic carbocycles. The number of aliphatic hydroxyl groups excluding tert-OH is 1. The van der Waals surface area contributed by atoms with E-state index in [1.165, 1.54) is 34.8 Å². The molecule has 16 nitrogen and oxygen atoms in total. The minimum absolute atomic E-state index is 0.0350. The van der Waals surface area contributed by atoms with Crippen LogP contribution in [-0.4, -0.2) is 143 Å². The normalized spacial score (nSPS) is 33.4. The molecule has 2 aromatic rings. The van der Waals surface area contributed by atoms with Gasteiger partial charge in [0.1, 0.15) is 12.1 Å². The quantitative estimate of drug-likeness (QED) is 0.0764. The maximum absolute atomic E-state index is 15.0. The Bertz CT molecular complexity index is 2560. The second-order valence-electron chi connectivity index (χ2n) is 21.6.